The van der Waals surface area contributed by atoms with Gasteiger partial charge in [0.15, 0.2) is 0 Å². The SMILES string of the molecule is Cc1ccc(NCCCN2CCNCC2)cc1[N+](=O)[O-]. The Balaban J connectivity index is 1.76. The van der Waals surface area contributed by atoms with Crippen molar-refractivity contribution < 1.29 is 4.92 Å². The zero-order chi connectivity index (χ0) is 14.4. The predicted octanol–water partition coefficient (Wildman–Crippen LogP) is 1.61. The summed E-state index contributed by atoms with van der Waals surface area (Å²) in [5, 5.41) is 17.5. The van der Waals surface area contributed by atoms with Crippen LogP contribution in [0.25, 0.3) is 0 Å². The first-order valence-electron chi connectivity index (χ1n) is 7.09. The van der Waals surface area contributed by atoms with Gasteiger partial charge < -0.3 is 15.5 Å². The van der Waals surface area contributed by atoms with E-state index in [2.05, 4.69) is 15.5 Å². The maximum atomic E-state index is 10.9. The highest BCUT2D eigenvalue weighted by Gasteiger charge is 2.11. The highest BCUT2D eigenvalue weighted by molar-refractivity contribution is 5.54. The summed E-state index contributed by atoms with van der Waals surface area (Å²) >= 11 is 0. The minimum atomic E-state index is -0.332. The highest BCUT2D eigenvalue weighted by atomic mass is 16.6. The third-order valence-electron chi connectivity index (χ3n) is 3.60. The largest absolute Gasteiger partial charge is 0.385 e. The Labute approximate surface area is 119 Å². The van der Waals surface area contributed by atoms with E-state index in [-0.39, 0.29) is 10.6 Å². The van der Waals surface area contributed by atoms with Gasteiger partial charge in [0.1, 0.15) is 0 Å². The molecule has 6 nitrogen and oxygen atoms in total. The molecule has 1 heterocycles. The standard InChI is InChI=1S/C14H22N4O2/c1-12-3-4-13(11-14(12)18(19)20)16-5-2-8-17-9-6-15-7-10-17/h3-4,11,15-16H,2,5-10H2,1H3. The Morgan fingerprint density at radius 1 is 1.40 bits per heavy atom. The molecule has 0 aliphatic carbocycles. The van der Waals surface area contributed by atoms with Gasteiger partial charge in [-0.15, -0.1) is 0 Å². The van der Waals surface area contributed by atoms with E-state index in [0.717, 1.165) is 51.4 Å². The zero-order valence-corrected chi connectivity index (χ0v) is 11.9. The predicted molar refractivity (Wildman–Crippen MR) is 80.2 cm³/mol. The second-order valence-electron chi connectivity index (χ2n) is 5.13. The second-order valence-corrected chi connectivity index (χ2v) is 5.13. The van der Waals surface area contributed by atoms with E-state index in [1.165, 1.54) is 0 Å². The molecule has 1 aliphatic rings. The Hall–Kier alpha value is -1.66. The summed E-state index contributed by atoms with van der Waals surface area (Å²) < 4.78 is 0. The van der Waals surface area contributed by atoms with E-state index in [4.69, 9.17) is 0 Å². The molecule has 0 aromatic heterocycles. The number of nitrogens with one attached hydrogen (secondary N) is 2. The number of nitro groups is 1. The number of nitrogens with zero attached hydrogens (tertiary/aromatic N) is 2. The molecule has 1 saturated heterocycles. The molecule has 1 aromatic carbocycles. The molecule has 0 spiro atoms. The van der Waals surface area contributed by atoms with Crippen molar-refractivity contribution in [3.63, 3.8) is 0 Å². The monoisotopic (exact) mass is 278 g/mol. The number of rotatable bonds is 6. The van der Waals surface area contributed by atoms with E-state index >= 15 is 0 Å². The average molecular weight is 278 g/mol. The smallest absolute Gasteiger partial charge is 0.274 e. The Bertz CT molecular complexity index is 458. The van der Waals surface area contributed by atoms with Crippen LogP contribution < -0.4 is 10.6 Å². The minimum Gasteiger partial charge on any atom is -0.385 e. The number of piperazine rings is 1. The Morgan fingerprint density at radius 2 is 2.15 bits per heavy atom. The summed E-state index contributed by atoms with van der Waals surface area (Å²) in [6.07, 6.45) is 1.04. The molecular formula is C14H22N4O2. The van der Waals surface area contributed by atoms with Gasteiger partial charge >= 0.3 is 0 Å². The molecule has 1 aromatic rings. The number of hydrogen-bond donors (Lipinski definition) is 2. The van der Waals surface area contributed by atoms with E-state index < -0.39 is 0 Å². The topological polar surface area (TPSA) is 70.4 Å². The van der Waals surface area contributed by atoms with Crippen LogP contribution in [0.3, 0.4) is 0 Å². The van der Waals surface area contributed by atoms with Crippen molar-refractivity contribution in [1.29, 1.82) is 0 Å². The molecule has 0 radical (unpaired) electrons. The fourth-order valence-electron chi connectivity index (χ4n) is 2.39. The zero-order valence-electron chi connectivity index (χ0n) is 11.9. The van der Waals surface area contributed by atoms with Crippen LogP contribution in [0.15, 0.2) is 18.2 Å². The lowest BCUT2D eigenvalue weighted by Gasteiger charge is -2.27. The van der Waals surface area contributed by atoms with Crippen LogP contribution in [0.1, 0.15) is 12.0 Å². The van der Waals surface area contributed by atoms with E-state index in [0.29, 0.717) is 5.56 Å². The van der Waals surface area contributed by atoms with Gasteiger partial charge in [0.2, 0.25) is 0 Å². The third kappa shape index (κ3) is 4.18. The maximum Gasteiger partial charge on any atom is 0.274 e. The summed E-state index contributed by atoms with van der Waals surface area (Å²) in [5.74, 6) is 0. The van der Waals surface area contributed by atoms with E-state index in [9.17, 15) is 10.1 Å². The van der Waals surface area contributed by atoms with Gasteiger partial charge in [-0.1, -0.05) is 6.07 Å². The van der Waals surface area contributed by atoms with Crippen molar-refractivity contribution in [1.82, 2.24) is 10.2 Å². The number of benzene rings is 1. The van der Waals surface area contributed by atoms with Crippen LogP contribution >= 0.6 is 0 Å². The minimum absolute atomic E-state index is 0.178. The van der Waals surface area contributed by atoms with Crippen LogP contribution in [0.2, 0.25) is 0 Å². The first-order valence-corrected chi connectivity index (χ1v) is 7.09. The molecule has 0 bridgehead atoms. The normalized spacial score (nSPS) is 16.1. The third-order valence-corrected chi connectivity index (χ3v) is 3.60. The quantitative estimate of drug-likeness (QED) is 0.470. The van der Waals surface area contributed by atoms with Crippen LogP contribution in [-0.2, 0) is 0 Å². The summed E-state index contributed by atoms with van der Waals surface area (Å²) in [5.41, 5.74) is 1.70. The van der Waals surface area contributed by atoms with Crippen molar-refractivity contribution in [2.45, 2.75) is 13.3 Å². The molecule has 110 valence electrons. The van der Waals surface area contributed by atoms with Crippen molar-refractivity contribution in [2.24, 2.45) is 0 Å². The molecule has 0 amide bonds. The summed E-state index contributed by atoms with van der Waals surface area (Å²) in [6.45, 7) is 8.01. The molecule has 0 saturated carbocycles. The first kappa shape index (κ1) is 14.7. The van der Waals surface area contributed by atoms with Crippen LogP contribution in [0.5, 0.6) is 0 Å². The number of anilines is 1. The van der Waals surface area contributed by atoms with Crippen molar-refractivity contribution in [2.75, 3.05) is 44.6 Å². The average Bonchev–Trinajstić information content (AvgIpc) is 2.46. The molecule has 0 unspecified atom stereocenters. The summed E-state index contributed by atoms with van der Waals surface area (Å²) in [7, 11) is 0. The number of nitro benzene ring substituents is 1. The summed E-state index contributed by atoms with van der Waals surface area (Å²) in [4.78, 5) is 13.0. The fourth-order valence-corrected chi connectivity index (χ4v) is 2.39. The van der Waals surface area contributed by atoms with Gasteiger partial charge in [-0.3, -0.25) is 10.1 Å². The van der Waals surface area contributed by atoms with Gasteiger partial charge in [-0.05, 0) is 26.0 Å². The van der Waals surface area contributed by atoms with Crippen molar-refractivity contribution >= 4 is 11.4 Å². The van der Waals surface area contributed by atoms with Crippen LogP contribution in [-0.4, -0.2) is 49.1 Å². The van der Waals surface area contributed by atoms with Crippen molar-refractivity contribution in [3.05, 3.63) is 33.9 Å². The van der Waals surface area contributed by atoms with Gasteiger partial charge in [0.25, 0.3) is 5.69 Å². The molecule has 1 aliphatic heterocycles. The Kier molecular flexibility index (Phi) is 5.31. The van der Waals surface area contributed by atoms with Gasteiger partial charge in [0, 0.05) is 50.0 Å². The Morgan fingerprint density at radius 3 is 2.85 bits per heavy atom. The molecule has 6 heteroatoms. The lowest BCUT2D eigenvalue weighted by molar-refractivity contribution is -0.385. The highest BCUT2D eigenvalue weighted by Crippen LogP contribution is 2.22. The molecule has 0 atom stereocenters. The molecule has 2 rings (SSSR count). The molecule has 20 heavy (non-hydrogen) atoms. The van der Waals surface area contributed by atoms with E-state index in [1.807, 2.05) is 6.07 Å². The van der Waals surface area contributed by atoms with Gasteiger partial charge in [-0.2, -0.15) is 0 Å². The lowest BCUT2D eigenvalue weighted by atomic mass is 10.2. The molecule has 1 fully saturated rings. The van der Waals surface area contributed by atoms with Crippen LogP contribution in [0, 0.1) is 17.0 Å². The molecule has 2 N–H and O–H groups in total. The molecular weight excluding hydrogens is 256 g/mol. The lowest BCUT2D eigenvalue weighted by Crippen LogP contribution is -2.44. The van der Waals surface area contributed by atoms with Gasteiger partial charge in [0.05, 0.1) is 4.92 Å². The first-order chi connectivity index (χ1) is 9.66. The summed E-state index contributed by atoms with van der Waals surface area (Å²) in [6, 6.07) is 5.30. The van der Waals surface area contributed by atoms with Gasteiger partial charge in [-0.25, -0.2) is 0 Å². The van der Waals surface area contributed by atoms with E-state index in [1.54, 1.807) is 19.1 Å². The van der Waals surface area contributed by atoms with Crippen LogP contribution in [0.4, 0.5) is 11.4 Å². The second kappa shape index (κ2) is 7.21. The van der Waals surface area contributed by atoms with Crippen molar-refractivity contribution in [3.8, 4) is 0 Å². The fraction of sp³-hybridized carbons (Fsp3) is 0.571. The maximum absolute atomic E-state index is 10.9. The number of hydrogen-bond acceptors (Lipinski definition) is 5. The number of aryl methyl sites for hydroxylation is 1.